The van der Waals surface area contributed by atoms with Crippen molar-refractivity contribution < 1.29 is 83.4 Å². The van der Waals surface area contributed by atoms with Crippen LogP contribution < -0.4 is 0 Å². The lowest BCUT2D eigenvalue weighted by atomic mass is 10.0. The van der Waals surface area contributed by atoms with Gasteiger partial charge < -0.3 is 0 Å². The molecule has 0 saturated carbocycles. The van der Waals surface area contributed by atoms with Crippen molar-refractivity contribution in [1.29, 1.82) is 0 Å². The molecular weight excluding hydrogens is 620 g/mol. The van der Waals surface area contributed by atoms with Gasteiger partial charge in [0.25, 0.3) is 0 Å². The van der Waals surface area contributed by atoms with Gasteiger partial charge in [-0.05, 0) is 14.7 Å². The van der Waals surface area contributed by atoms with Crippen LogP contribution >= 0.6 is 8.58 Å². The first-order valence-electron chi connectivity index (χ1n) is 9.40. The molecule has 20 heteroatoms. The Balaban J connectivity index is 0.000000406. The third kappa shape index (κ3) is 6.01. The molecule has 0 aliphatic rings. The maximum atomic E-state index is 13.4. The second-order valence-corrected chi connectivity index (χ2v) is 8.52. The van der Waals surface area contributed by atoms with Gasteiger partial charge in [-0.2, -0.15) is 39.5 Å². The molecule has 0 heterocycles. The molecule has 1 unspecified atom stereocenters. The van der Waals surface area contributed by atoms with E-state index in [9.17, 15) is 83.4 Å². The van der Waals surface area contributed by atoms with Gasteiger partial charge in [-0.25, -0.2) is 43.9 Å². The van der Waals surface area contributed by atoms with Crippen LogP contribution in [0.25, 0.3) is 11.1 Å². The van der Waals surface area contributed by atoms with E-state index in [1.807, 2.05) is 0 Å². The van der Waals surface area contributed by atoms with Gasteiger partial charge in [-0.15, -0.1) is 0 Å². The van der Waals surface area contributed by atoms with Crippen molar-refractivity contribution in [2.45, 2.75) is 37.0 Å². The number of hydrogen-bond acceptors (Lipinski definition) is 0. The second kappa shape index (κ2) is 11.6. The Morgan fingerprint density at radius 3 is 0.923 bits per heavy atom. The maximum Gasteiger partial charge on any atom is 0.460 e. The van der Waals surface area contributed by atoms with Gasteiger partial charge in [0.1, 0.15) is 0 Å². The molecule has 0 amide bonds. The summed E-state index contributed by atoms with van der Waals surface area (Å²) in [7, 11) is -2.00. The smallest absolute Gasteiger partial charge is 0.203 e. The van der Waals surface area contributed by atoms with Gasteiger partial charge in [-0.1, -0.05) is 13.3 Å². The van der Waals surface area contributed by atoms with E-state index in [0.717, 1.165) is 0 Å². The lowest BCUT2D eigenvalue weighted by Gasteiger charge is -2.33. The van der Waals surface area contributed by atoms with E-state index < -0.39 is 108 Å². The summed E-state index contributed by atoms with van der Waals surface area (Å²) in [6.07, 6.45) is -7.31. The van der Waals surface area contributed by atoms with Gasteiger partial charge in [0.15, 0.2) is 46.5 Å². The fourth-order valence-electron chi connectivity index (χ4n) is 2.42. The van der Waals surface area contributed by atoms with Crippen LogP contribution in [0.4, 0.5) is 83.4 Å². The molecule has 0 aromatic heterocycles. The fourth-order valence-corrected chi connectivity index (χ4v) is 3.36. The third-order valence-corrected chi connectivity index (χ3v) is 5.92. The Morgan fingerprint density at radius 2 is 0.692 bits per heavy atom. The number of alkyl halides is 9. The number of rotatable bonds is 6. The minimum atomic E-state index is -6.76. The highest BCUT2D eigenvalue weighted by Gasteiger charge is 2.81. The monoisotopic (exact) mass is 628 g/mol. The maximum absolute atomic E-state index is 13.4. The van der Waals surface area contributed by atoms with E-state index in [0.29, 0.717) is 0 Å². The molecule has 2 rings (SSSR count). The zero-order valence-electron chi connectivity index (χ0n) is 18.1. The Hall–Kier alpha value is -2.46. The van der Waals surface area contributed by atoms with E-state index >= 15 is 0 Å². The van der Waals surface area contributed by atoms with Crippen molar-refractivity contribution in [1.82, 2.24) is 0 Å². The normalized spacial score (nSPS) is 13.2. The summed E-state index contributed by atoms with van der Waals surface area (Å²) < 4.78 is 241. The Labute approximate surface area is 205 Å². The van der Waals surface area contributed by atoms with Gasteiger partial charge in [0, 0.05) is 0 Å². The largest absolute Gasteiger partial charge is 0.460 e. The van der Waals surface area contributed by atoms with Crippen molar-refractivity contribution in [3.63, 3.8) is 0 Å². The zero-order chi connectivity index (χ0) is 31.0. The van der Waals surface area contributed by atoms with Crippen molar-refractivity contribution in [3.8, 4) is 11.1 Å². The highest BCUT2D eigenvalue weighted by atomic mass is 31.1. The molecule has 2 aromatic carbocycles. The first-order valence-corrected chi connectivity index (χ1v) is 10.6. The molecule has 0 spiro atoms. The van der Waals surface area contributed by atoms with E-state index in [1.54, 1.807) is 0 Å². The minimum Gasteiger partial charge on any atom is -0.203 e. The van der Waals surface area contributed by atoms with Crippen LogP contribution in [0.15, 0.2) is 0 Å². The predicted molar refractivity (Wildman–Crippen MR) is 95.8 cm³/mol. The minimum absolute atomic E-state index is 0.0261. The molecule has 0 N–H and O–H groups in total. The van der Waals surface area contributed by atoms with Gasteiger partial charge in [0.2, 0.25) is 11.6 Å². The molecule has 0 radical (unpaired) electrons. The van der Waals surface area contributed by atoms with Crippen LogP contribution in [0.3, 0.4) is 0 Å². The first-order chi connectivity index (χ1) is 17.4. The Kier molecular flexibility index (Phi) is 10.3. The molecule has 39 heavy (non-hydrogen) atoms. The molecule has 0 aliphatic carbocycles. The summed E-state index contributed by atoms with van der Waals surface area (Å²) in [6.45, 7) is 1.31. The van der Waals surface area contributed by atoms with Crippen molar-refractivity contribution in [3.05, 3.63) is 58.2 Å². The second-order valence-electron chi connectivity index (χ2n) is 7.04. The summed E-state index contributed by atoms with van der Waals surface area (Å²) in [5, 5.41) is 0. The summed E-state index contributed by atoms with van der Waals surface area (Å²) in [6, 6.07) is 0. The quantitative estimate of drug-likeness (QED) is 0.130. The van der Waals surface area contributed by atoms with Crippen molar-refractivity contribution >= 4 is 8.58 Å². The SMILES string of the molecule is CCCPC(F)(F)C(F)(F)C(F)(F)C(F)(F)F.Fc1c(F)c(F)c(-c2c(F)c(F)c(F)c(F)c2F)c(F)c1F. The fraction of sp³-hybridized carbons (Fsp3) is 0.368. The lowest BCUT2D eigenvalue weighted by Crippen LogP contribution is -2.59. The number of benzene rings is 2. The van der Waals surface area contributed by atoms with Crippen LogP contribution in [-0.2, 0) is 0 Å². The molecule has 0 nitrogen and oxygen atoms in total. The van der Waals surface area contributed by atoms with Crippen LogP contribution in [-0.4, -0.2) is 29.8 Å². The van der Waals surface area contributed by atoms with Crippen LogP contribution in [0.5, 0.6) is 0 Å². The summed E-state index contributed by atoms with van der Waals surface area (Å²) in [5.41, 5.74) is -9.91. The van der Waals surface area contributed by atoms with Crippen LogP contribution in [0.1, 0.15) is 13.3 Å². The summed E-state index contributed by atoms with van der Waals surface area (Å²) in [5.74, 6) is -39.9. The molecule has 0 bridgehead atoms. The average molecular weight is 628 g/mol. The van der Waals surface area contributed by atoms with E-state index in [-0.39, 0.29) is 6.42 Å². The van der Waals surface area contributed by atoms with E-state index in [2.05, 4.69) is 0 Å². The highest BCUT2D eigenvalue weighted by molar-refractivity contribution is 7.39. The Bertz CT molecular complexity index is 1090. The molecule has 0 aliphatic heterocycles. The molecular formula is C19H8F19P. The standard InChI is InChI=1S/C12F10.C7H8F9P/c13-3-1(4(14)8(18)11(21)7(3)17)2-5(15)9(19)12(22)10(20)6(2)16;1-2-3-17-7(15,16)5(10,11)4(8,9)6(12,13)14/h;17H,2-3H2,1H3. The van der Waals surface area contributed by atoms with Crippen molar-refractivity contribution in [2.24, 2.45) is 0 Å². The average Bonchev–Trinajstić information content (AvgIpc) is 2.84. The topological polar surface area (TPSA) is 0 Å². The molecule has 2 aromatic rings. The summed E-state index contributed by atoms with van der Waals surface area (Å²) in [4.78, 5) is 0. The lowest BCUT2D eigenvalue weighted by molar-refractivity contribution is -0.381. The van der Waals surface area contributed by atoms with Crippen LogP contribution in [0.2, 0.25) is 0 Å². The van der Waals surface area contributed by atoms with Gasteiger partial charge in [-0.3, -0.25) is 0 Å². The van der Waals surface area contributed by atoms with Gasteiger partial charge in [0.05, 0.1) is 11.1 Å². The summed E-state index contributed by atoms with van der Waals surface area (Å²) >= 11 is 0. The zero-order valence-corrected chi connectivity index (χ0v) is 19.1. The molecule has 222 valence electrons. The Morgan fingerprint density at radius 1 is 0.436 bits per heavy atom. The molecule has 0 fully saturated rings. The van der Waals surface area contributed by atoms with Crippen LogP contribution in [0, 0.1) is 58.2 Å². The third-order valence-electron chi connectivity index (χ3n) is 4.41. The van der Waals surface area contributed by atoms with Gasteiger partial charge >= 0.3 is 23.7 Å². The molecule has 1 atom stereocenters. The highest BCUT2D eigenvalue weighted by Crippen LogP contribution is 2.58. The predicted octanol–water partition coefficient (Wildman–Crippen LogP) is 9.25. The first kappa shape index (κ1) is 34.6. The van der Waals surface area contributed by atoms with E-state index in [1.165, 1.54) is 6.92 Å². The van der Waals surface area contributed by atoms with Crippen molar-refractivity contribution in [2.75, 3.05) is 6.16 Å². The number of hydrogen-bond donors (Lipinski definition) is 0. The molecule has 0 saturated heterocycles. The van der Waals surface area contributed by atoms with E-state index in [4.69, 9.17) is 0 Å². The number of halogens is 19.